The second kappa shape index (κ2) is 10.6. The molecule has 0 unspecified atom stereocenters. The van der Waals surface area contributed by atoms with E-state index < -0.39 is 23.6 Å². The summed E-state index contributed by atoms with van der Waals surface area (Å²) in [5, 5.41) is 2.64. The number of anilines is 2. The van der Waals surface area contributed by atoms with Gasteiger partial charge in [0.25, 0.3) is 11.1 Å². The molecule has 0 atom stereocenters. The van der Waals surface area contributed by atoms with Crippen molar-refractivity contribution in [1.29, 1.82) is 0 Å². The molecular formula is C28H30ClN3O4S. The van der Waals surface area contributed by atoms with E-state index in [0.29, 0.717) is 22.0 Å². The van der Waals surface area contributed by atoms with E-state index in [0.717, 1.165) is 46.5 Å². The lowest BCUT2D eigenvalue weighted by molar-refractivity contribution is -0.127. The first-order valence-corrected chi connectivity index (χ1v) is 13.2. The quantitative estimate of drug-likeness (QED) is 0.408. The highest BCUT2D eigenvalue weighted by atomic mass is 35.5. The van der Waals surface area contributed by atoms with Gasteiger partial charge >= 0.3 is 0 Å². The van der Waals surface area contributed by atoms with E-state index in [1.807, 2.05) is 12.1 Å². The summed E-state index contributed by atoms with van der Waals surface area (Å²) in [4.78, 5) is 41.8. The van der Waals surface area contributed by atoms with E-state index in [1.54, 1.807) is 37.5 Å². The zero-order valence-electron chi connectivity index (χ0n) is 21.6. The van der Waals surface area contributed by atoms with Gasteiger partial charge < -0.3 is 15.0 Å². The Morgan fingerprint density at radius 1 is 1.22 bits per heavy atom. The number of thioether (sulfide) groups is 1. The molecule has 194 valence electrons. The fourth-order valence-corrected chi connectivity index (χ4v) is 5.75. The molecule has 37 heavy (non-hydrogen) atoms. The summed E-state index contributed by atoms with van der Waals surface area (Å²) in [7, 11) is 1.59. The lowest BCUT2D eigenvalue weighted by atomic mass is 9.87. The number of methoxy groups -OCH3 is 1. The van der Waals surface area contributed by atoms with E-state index in [4.69, 9.17) is 16.3 Å². The third-order valence-corrected chi connectivity index (χ3v) is 7.49. The Morgan fingerprint density at radius 2 is 1.97 bits per heavy atom. The van der Waals surface area contributed by atoms with Crippen LogP contribution in [0.4, 0.5) is 16.2 Å². The minimum absolute atomic E-state index is 0.145. The first-order chi connectivity index (χ1) is 17.5. The number of amides is 3. The Labute approximate surface area is 226 Å². The minimum Gasteiger partial charge on any atom is -0.496 e. The molecular weight excluding hydrogens is 510 g/mol. The van der Waals surface area contributed by atoms with Crippen molar-refractivity contribution >= 4 is 63.4 Å². The largest absolute Gasteiger partial charge is 0.496 e. The van der Waals surface area contributed by atoms with Crippen LogP contribution in [0.25, 0.3) is 11.6 Å². The molecule has 2 aromatic carbocycles. The summed E-state index contributed by atoms with van der Waals surface area (Å²) >= 11 is 6.77. The van der Waals surface area contributed by atoms with E-state index in [-0.39, 0.29) is 10.4 Å². The molecule has 4 rings (SSSR count). The van der Waals surface area contributed by atoms with Gasteiger partial charge in [0.1, 0.15) is 12.3 Å². The van der Waals surface area contributed by atoms with Crippen molar-refractivity contribution in [2.24, 2.45) is 0 Å². The summed E-state index contributed by atoms with van der Waals surface area (Å²) < 4.78 is 5.70. The second-order valence-corrected chi connectivity index (χ2v) is 11.0. The summed E-state index contributed by atoms with van der Waals surface area (Å²) in [5.74, 6) is -0.399. The van der Waals surface area contributed by atoms with E-state index in [2.05, 4.69) is 44.0 Å². The topological polar surface area (TPSA) is 79.0 Å². The number of fused-ring (bicyclic) bond motifs is 1. The average molecular weight is 540 g/mol. The zero-order chi connectivity index (χ0) is 26.9. The maximum Gasteiger partial charge on any atom is 0.294 e. The monoisotopic (exact) mass is 539 g/mol. The van der Waals surface area contributed by atoms with Gasteiger partial charge in [0, 0.05) is 40.1 Å². The van der Waals surface area contributed by atoms with Crippen LogP contribution in [0.5, 0.6) is 5.75 Å². The third kappa shape index (κ3) is 5.55. The maximum atomic E-state index is 13.1. The van der Waals surface area contributed by atoms with Crippen LogP contribution in [0.15, 0.2) is 47.4 Å². The fraction of sp³-hybridized carbons (Fsp3) is 0.321. The molecule has 0 bridgehead atoms. The number of ether oxygens (including phenoxy) is 1. The zero-order valence-corrected chi connectivity index (χ0v) is 23.1. The molecule has 0 spiro atoms. The van der Waals surface area contributed by atoms with Crippen molar-refractivity contribution in [1.82, 2.24) is 4.90 Å². The van der Waals surface area contributed by atoms with Crippen LogP contribution in [0, 0.1) is 0 Å². The molecule has 2 heterocycles. The minimum atomic E-state index is -0.517. The van der Waals surface area contributed by atoms with Crippen LogP contribution in [0.1, 0.15) is 45.2 Å². The SMILES string of the molecule is CCCN1c2cc(OC)c(/C=C3/SC(=O)N(CC(=O)Nc4cccc(Cl)c4)C3=O)cc2C(C)=CC1(C)C. The van der Waals surface area contributed by atoms with Crippen molar-refractivity contribution in [2.45, 2.75) is 39.7 Å². The molecule has 7 nitrogen and oxygen atoms in total. The third-order valence-electron chi connectivity index (χ3n) is 6.35. The van der Waals surface area contributed by atoms with Crippen molar-refractivity contribution in [3.8, 4) is 5.75 Å². The number of carbonyl (C=O) groups is 3. The van der Waals surface area contributed by atoms with Gasteiger partial charge in [-0.05, 0) is 74.9 Å². The van der Waals surface area contributed by atoms with Gasteiger partial charge in [-0.25, -0.2) is 0 Å². The van der Waals surface area contributed by atoms with Crippen molar-refractivity contribution in [2.75, 3.05) is 30.4 Å². The standard InChI is InChI=1S/C28H30ClN3O4S/c1-6-10-32-22-14-23(36-5)18(11-21(22)17(2)15-28(32,3)4)12-24-26(34)31(27(35)37-24)16-25(33)30-20-9-7-8-19(29)13-20/h7-9,11-15H,6,10,16H2,1-5H3,(H,30,33)/b24-12+. The molecule has 0 saturated carbocycles. The van der Waals surface area contributed by atoms with Crippen molar-refractivity contribution in [3.05, 3.63) is 63.5 Å². The number of halogens is 1. The number of allylic oxidation sites excluding steroid dienone is 1. The Balaban J connectivity index is 1.60. The lowest BCUT2D eigenvalue weighted by Gasteiger charge is -2.43. The Hall–Kier alpha value is -3.23. The van der Waals surface area contributed by atoms with Crippen LogP contribution < -0.4 is 15.0 Å². The van der Waals surface area contributed by atoms with E-state index in [1.165, 1.54) is 0 Å². The molecule has 2 aliphatic heterocycles. The van der Waals surface area contributed by atoms with E-state index >= 15 is 0 Å². The molecule has 2 aromatic rings. The van der Waals surface area contributed by atoms with E-state index in [9.17, 15) is 14.4 Å². The highest BCUT2D eigenvalue weighted by Gasteiger charge is 2.37. The Bertz CT molecular complexity index is 1330. The molecule has 0 aromatic heterocycles. The number of nitrogens with zero attached hydrogens (tertiary/aromatic N) is 2. The lowest BCUT2D eigenvalue weighted by Crippen LogP contribution is -2.45. The predicted octanol–water partition coefficient (Wildman–Crippen LogP) is 6.44. The number of rotatable bonds is 7. The summed E-state index contributed by atoms with van der Waals surface area (Å²) in [6.07, 6.45) is 4.90. The fourth-order valence-electron chi connectivity index (χ4n) is 4.73. The smallest absolute Gasteiger partial charge is 0.294 e. The Kier molecular flexibility index (Phi) is 7.71. The van der Waals surface area contributed by atoms with Gasteiger partial charge in [-0.1, -0.05) is 30.7 Å². The van der Waals surface area contributed by atoms with Gasteiger partial charge in [-0.2, -0.15) is 0 Å². The molecule has 0 aliphatic carbocycles. The molecule has 1 saturated heterocycles. The van der Waals surface area contributed by atoms with Crippen molar-refractivity contribution < 1.29 is 19.1 Å². The second-order valence-electron chi connectivity index (χ2n) is 9.57. The molecule has 1 N–H and O–H groups in total. The van der Waals surface area contributed by atoms with Gasteiger partial charge in [0.05, 0.1) is 17.6 Å². The van der Waals surface area contributed by atoms with Crippen LogP contribution in [-0.2, 0) is 9.59 Å². The molecule has 9 heteroatoms. The van der Waals surface area contributed by atoms with Crippen LogP contribution in [0.3, 0.4) is 0 Å². The number of carbonyl (C=O) groups excluding carboxylic acids is 3. The number of benzene rings is 2. The van der Waals surface area contributed by atoms with Gasteiger partial charge in [0.15, 0.2) is 0 Å². The van der Waals surface area contributed by atoms with Crippen molar-refractivity contribution in [3.63, 3.8) is 0 Å². The first kappa shape index (κ1) is 26.8. The summed E-state index contributed by atoms with van der Waals surface area (Å²) in [6, 6.07) is 10.7. The summed E-state index contributed by atoms with van der Waals surface area (Å²) in [5.41, 5.74) is 4.30. The number of hydrogen-bond donors (Lipinski definition) is 1. The van der Waals surface area contributed by atoms with Gasteiger partial charge in [-0.3, -0.25) is 19.3 Å². The Morgan fingerprint density at radius 3 is 2.65 bits per heavy atom. The molecule has 2 aliphatic rings. The molecule has 0 radical (unpaired) electrons. The number of hydrogen-bond acceptors (Lipinski definition) is 6. The molecule has 3 amide bonds. The van der Waals surface area contributed by atoms with Crippen LogP contribution in [-0.4, -0.2) is 47.7 Å². The first-order valence-electron chi connectivity index (χ1n) is 12.0. The highest BCUT2D eigenvalue weighted by Crippen LogP contribution is 2.43. The molecule has 1 fully saturated rings. The van der Waals surface area contributed by atoms with Crippen LogP contribution >= 0.6 is 23.4 Å². The predicted molar refractivity (Wildman–Crippen MR) is 151 cm³/mol. The van der Waals surface area contributed by atoms with Crippen LogP contribution in [0.2, 0.25) is 5.02 Å². The van der Waals surface area contributed by atoms with Gasteiger partial charge in [-0.15, -0.1) is 0 Å². The van der Waals surface area contributed by atoms with Gasteiger partial charge in [0.2, 0.25) is 5.91 Å². The highest BCUT2D eigenvalue weighted by molar-refractivity contribution is 8.18. The maximum absolute atomic E-state index is 13.1. The number of nitrogens with one attached hydrogen (secondary N) is 1. The average Bonchev–Trinajstić information content (AvgIpc) is 3.08. The number of imide groups is 1. The normalized spacial score (nSPS) is 17.7. The summed E-state index contributed by atoms with van der Waals surface area (Å²) in [6.45, 7) is 9.10.